The lowest BCUT2D eigenvalue weighted by molar-refractivity contribution is 0.0742. The van der Waals surface area contributed by atoms with Crippen molar-refractivity contribution in [3.05, 3.63) is 106 Å². The predicted octanol–water partition coefficient (Wildman–Crippen LogP) is 4.99. The summed E-state index contributed by atoms with van der Waals surface area (Å²) in [5.74, 6) is -0.137. The number of hydrogen-bond donors (Lipinski definition) is 0. The third-order valence-corrected chi connectivity index (χ3v) is 6.73. The Labute approximate surface area is 213 Å². The summed E-state index contributed by atoms with van der Waals surface area (Å²) in [4.78, 5) is 44.9. The minimum absolute atomic E-state index is 0.0458. The van der Waals surface area contributed by atoms with E-state index in [4.69, 9.17) is 0 Å². The van der Waals surface area contributed by atoms with E-state index in [9.17, 15) is 14.4 Å². The summed E-state index contributed by atoms with van der Waals surface area (Å²) in [5.41, 5.74) is 4.76. The maximum atomic E-state index is 13.2. The van der Waals surface area contributed by atoms with Gasteiger partial charge in [-0.1, -0.05) is 36.4 Å². The predicted molar refractivity (Wildman–Crippen MR) is 141 cm³/mol. The molecule has 0 saturated heterocycles. The number of fused-ring (bicyclic) bond motifs is 3. The number of benzene rings is 3. The zero-order valence-electron chi connectivity index (χ0n) is 21.2. The maximum absolute atomic E-state index is 13.2. The molecule has 186 valence electrons. The van der Waals surface area contributed by atoms with Crippen molar-refractivity contribution in [1.29, 1.82) is 0 Å². The average molecular weight is 484 g/mol. The molecule has 7 rings (SSSR count). The Morgan fingerprint density at radius 2 is 0.667 bits per heavy atom. The Hall–Kier alpha value is -3.93. The second-order valence-electron chi connectivity index (χ2n) is 9.05. The van der Waals surface area contributed by atoms with Crippen molar-refractivity contribution in [2.45, 2.75) is 40.4 Å². The molecule has 0 N–H and O–H groups in total. The Morgan fingerprint density at radius 1 is 0.444 bits per heavy atom. The topological polar surface area (TPSA) is 60.9 Å². The molecule has 4 aliphatic rings. The molecule has 4 heterocycles. The number of carbonyl (C=O) groups is 3. The van der Waals surface area contributed by atoms with Crippen molar-refractivity contribution in [2.75, 3.05) is 19.6 Å². The third-order valence-electron chi connectivity index (χ3n) is 6.73. The van der Waals surface area contributed by atoms with Gasteiger partial charge in [0.2, 0.25) is 0 Å². The van der Waals surface area contributed by atoms with Gasteiger partial charge in [-0.25, -0.2) is 0 Å². The molecule has 6 nitrogen and oxygen atoms in total. The summed E-state index contributed by atoms with van der Waals surface area (Å²) in [6.07, 6.45) is 0. The Morgan fingerprint density at radius 3 is 0.861 bits per heavy atom. The van der Waals surface area contributed by atoms with Gasteiger partial charge in [0.1, 0.15) is 0 Å². The van der Waals surface area contributed by atoms with Gasteiger partial charge in [-0.2, -0.15) is 0 Å². The maximum Gasteiger partial charge on any atom is 0.254 e. The van der Waals surface area contributed by atoms with E-state index in [-0.39, 0.29) is 17.7 Å². The fourth-order valence-corrected chi connectivity index (χ4v) is 4.45. The van der Waals surface area contributed by atoms with Crippen LogP contribution >= 0.6 is 0 Å². The average Bonchev–Trinajstić information content (AvgIpc) is 2.92. The van der Waals surface area contributed by atoms with E-state index in [0.717, 1.165) is 16.7 Å². The van der Waals surface area contributed by atoms with Gasteiger partial charge >= 0.3 is 0 Å². The molecular weight excluding hydrogens is 450 g/mol. The summed E-state index contributed by atoms with van der Waals surface area (Å²) in [5, 5.41) is 0. The Kier molecular flexibility index (Phi) is 7.84. The van der Waals surface area contributed by atoms with Crippen LogP contribution in [-0.2, 0) is 19.6 Å². The van der Waals surface area contributed by atoms with Crippen LogP contribution in [0.1, 0.15) is 68.5 Å². The summed E-state index contributed by atoms with van der Waals surface area (Å²) in [6.45, 7) is 8.98. The highest BCUT2D eigenvalue weighted by Gasteiger charge is 2.19. The van der Waals surface area contributed by atoms with Gasteiger partial charge in [-0.05, 0) is 73.9 Å². The van der Waals surface area contributed by atoms with Crippen LogP contribution in [0.2, 0.25) is 0 Å². The summed E-state index contributed by atoms with van der Waals surface area (Å²) >= 11 is 0. The molecule has 6 heteroatoms. The molecule has 0 aliphatic carbocycles. The van der Waals surface area contributed by atoms with Crippen LogP contribution < -0.4 is 0 Å². The first-order chi connectivity index (χ1) is 17.4. The highest BCUT2D eigenvalue weighted by molar-refractivity contribution is 5.96. The molecule has 4 aliphatic heterocycles. The van der Waals surface area contributed by atoms with Gasteiger partial charge in [-0.3, -0.25) is 14.4 Å². The first-order valence-corrected chi connectivity index (χ1v) is 12.6. The minimum Gasteiger partial charge on any atom is -0.335 e. The normalized spacial score (nSPS) is 15.1. The molecule has 0 fully saturated rings. The lowest BCUT2D eigenvalue weighted by Crippen LogP contribution is -2.31. The molecule has 0 radical (unpaired) electrons. The summed E-state index contributed by atoms with van der Waals surface area (Å²) < 4.78 is 0. The first kappa shape index (κ1) is 25.2. The standard InChI is InChI=1S/C30H33N3O3/c1-4-31-19-22-7-15-26(16-8-22)29(35)33(6-3)21-24-11-17-27(18-12-24)30(36)32(5-2)20-23-9-13-25(14-10-23)28(31)34/h7-18H,4-6,19-21H2,1-3H3. The summed E-state index contributed by atoms with van der Waals surface area (Å²) in [6, 6.07) is 22.5. The van der Waals surface area contributed by atoms with Crippen molar-refractivity contribution in [3.63, 3.8) is 0 Å². The molecular formula is C30H33N3O3. The molecule has 0 unspecified atom stereocenters. The fourth-order valence-electron chi connectivity index (χ4n) is 4.45. The van der Waals surface area contributed by atoms with Crippen LogP contribution in [0, 0.1) is 0 Å². The zero-order valence-corrected chi connectivity index (χ0v) is 21.2. The van der Waals surface area contributed by atoms with Crippen LogP contribution in [0.5, 0.6) is 0 Å². The van der Waals surface area contributed by atoms with E-state index >= 15 is 0 Å². The first-order valence-electron chi connectivity index (χ1n) is 12.6. The van der Waals surface area contributed by atoms with Crippen molar-refractivity contribution in [2.24, 2.45) is 0 Å². The van der Waals surface area contributed by atoms with Gasteiger partial charge in [0, 0.05) is 56.0 Å². The van der Waals surface area contributed by atoms with E-state index in [0.29, 0.717) is 56.0 Å². The number of nitrogens with zero attached hydrogens (tertiary/aromatic N) is 3. The third kappa shape index (κ3) is 5.48. The van der Waals surface area contributed by atoms with Crippen LogP contribution in [0.25, 0.3) is 0 Å². The summed E-state index contributed by atoms with van der Waals surface area (Å²) in [7, 11) is 0. The number of hydrogen-bond acceptors (Lipinski definition) is 3. The van der Waals surface area contributed by atoms with E-state index in [1.165, 1.54) is 0 Å². The monoisotopic (exact) mass is 483 g/mol. The van der Waals surface area contributed by atoms with Crippen LogP contribution in [0.4, 0.5) is 0 Å². The Balaban J connectivity index is 1.71. The minimum atomic E-state index is -0.0458. The van der Waals surface area contributed by atoms with Gasteiger partial charge in [0.15, 0.2) is 0 Å². The molecule has 3 aromatic rings. The fraction of sp³-hybridized carbons (Fsp3) is 0.300. The van der Waals surface area contributed by atoms with Gasteiger partial charge < -0.3 is 14.7 Å². The van der Waals surface area contributed by atoms with E-state index in [1.807, 2.05) is 93.6 Å². The van der Waals surface area contributed by atoms with Crippen molar-refractivity contribution in [1.82, 2.24) is 14.7 Å². The molecule has 36 heavy (non-hydrogen) atoms. The number of amides is 3. The molecule has 6 bridgehead atoms. The molecule has 0 saturated carbocycles. The van der Waals surface area contributed by atoms with Gasteiger partial charge in [0.25, 0.3) is 17.7 Å². The molecule has 0 spiro atoms. The van der Waals surface area contributed by atoms with Crippen LogP contribution in [-0.4, -0.2) is 52.1 Å². The van der Waals surface area contributed by atoms with Gasteiger partial charge in [0.05, 0.1) is 0 Å². The quantitative estimate of drug-likeness (QED) is 0.528. The van der Waals surface area contributed by atoms with Crippen LogP contribution in [0.15, 0.2) is 72.8 Å². The molecule has 3 amide bonds. The Bertz CT molecular complexity index is 1060. The highest BCUT2D eigenvalue weighted by Crippen LogP contribution is 2.17. The number of carbonyl (C=O) groups excluding carboxylic acids is 3. The zero-order chi connectivity index (χ0) is 25.7. The van der Waals surface area contributed by atoms with Crippen molar-refractivity contribution in [3.8, 4) is 0 Å². The molecule has 0 atom stereocenters. The van der Waals surface area contributed by atoms with E-state index in [2.05, 4.69) is 0 Å². The molecule has 3 aromatic carbocycles. The number of rotatable bonds is 3. The SMILES string of the molecule is CCN1Cc2ccc(cc2)C(=O)N(CC)Cc2ccc(cc2)C(=O)N(CC)Cc2ccc(cc2)C1=O. The molecule has 0 aromatic heterocycles. The van der Waals surface area contributed by atoms with Gasteiger partial charge in [-0.15, -0.1) is 0 Å². The van der Waals surface area contributed by atoms with E-state index < -0.39 is 0 Å². The smallest absolute Gasteiger partial charge is 0.254 e. The van der Waals surface area contributed by atoms with Crippen molar-refractivity contribution >= 4 is 17.7 Å². The van der Waals surface area contributed by atoms with E-state index in [1.54, 1.807) is 14.7 Å². The second kappa shape index (κ2) is 11.2. The largest absolute Gasteiger partial charge is 0.335 e. The second-order valence-corrected chi connectivity index (χ2v) is 9.05. The van der Waals surface area contributed by atoms with Crippen LogP contribution in [0.3, 0.4) is 0 Å². The highest BCUT2D eigenvalue weighted by atomic mass is 16.2. The lowest BCUT2D eigenvalue weighted by Gasteiger charge is -2.23. The van der Waals surface area contributed by atoms with Crippen molar-refractivity contribution < 1.29 is 14.4 Å². The lowest BCUT2D eigenvalue weighted by atomic mass is 10.1.